The zero-order valence-corrected chi connectivity index (χ0v) is 17.1. The Morgan fingerprint density at radius 2 is 1.97 bits per heavy atom. The van der Waals surface area contributed by atoms with Crippen LogP contribution in [0.15, 0.2) is 24.8 Å². The van der Waals surface area contributed by atoms with Crippen molar-refractivity contribution in [3.63, 3.8) is 0 Å². The minimum absolute atomic E-state index is 0.0885. The molecule has 31 heavy (non-hydrogen) atoms. The van der Waals surface area contributed by atoms with Crippen LogP contribution in [0.1, 0.15) is 32.2 Å². The van der Waals surface area contributed by atoms with Gasteiger partial charge in [-0.15, -0.1) is 0 Å². The van der Waals surface area contributed by atoms with Gasteiger partial charge in [0.05, 0.1) is 24.8 Å². The number of hydrogen-bond donors (Lipinski definition) is 1. The molecule has 1 aromatic heterocycles. The second kappa shape index (κ2) is 8.86. The minimum Gasteiger partial charge on any atom is -0.442 e. The summed E-state index contributed by atoms with van der Waals surface area (Å²) in [6.07, 6.45) is 3.53. The Morgan fingerprint density at radius 3 is 2.58 bits per heavy atom. The van der Waals surface area contributed by atoms with Crippen LogP contribution in [0, 0.1) is 11.6 Å². The molecule has 1 atom stereocenters. The van der Waals surface area contributed by atoms with Crippen LogP contribution >= 0.6 is 0 Å². The third-order valence-corrected chi connectivity index (χ3v) is 5.63. The Bertz CT molecular complexity index is 923. The van der Waals surface area contributed by atoms with Crippen molar-refractivity contribution in [2.45, 2.75) is 38.3 Å². The van der Waals surface area contributed by atoms with Gasteiger partial charge in [-0.05, 0) is 12.8 Å². The van der Waals surface area contributed by atoms with Crippen molar-refractivity contribution < 1.29 is 23.1 Å². The van der Waals surface area contributed by atoms with E-state index in [4.69, 9.17) is 4.74 Å². The number of nitrogens with one attached hydrogen (secondary N) is 1. The van der Waals surface area contributed by atoms with Crippen molar-refractivity contribution >= 4 is 23.4 Å². The molecule has 2 saturated heterocycles. The van der Waals surface area contributed by atoms with E-state index < -0.39 is 23.8 Å². The second-order valence-electron chi connectivity index (χ2n) is 7.63. The van der Waals surface area contributed by atoms with E-state index in [1.165, 1.54) is 11.2 Å². The van der Waals surface area contributed by atoms with Crippen molar-refractivity contribution in [1.29, 1.82) is 0 Å². The number of anilines is 2. The summed E-state index contributed by atoms with van der Waals surface area (Å²) >= 11 is 0. The lowest BCUT2D eigenvalue weighted by molar-refractivity contribution is -0.121. The molecule has 2 amide bonds. The number of carbonyl (C=O) groups excluding carboxylic acids is 2. The maximum atomic E-state index is 14.9. The fourth-order valence-corrected chi connectivity index (χ4v) is 3.96. The number of ether oxygens (including phenoxy) is 1. The number of amides is 2. The molecular formula is C20H24F2N6O3. The van der Waals surface area contributed by atoms with Gasteiger partial charge in [0, 0.05) is 31.6 Å². The Labute approximate surface area is 178 Å². The lowest BCUT2D eigenvalue weighted by Gasteiger charge is -2.34. The van der Waals surface area contributed by atoms with Crippen LogP contribution in [0.25, 0.3) is 0 Å². The molecule has 3 heterocycles. The smallest absolute Gasteiger partial charge is 0.414 e. The summed E-state index contributed by atoms with van der Waals surface area (Å²) < 4.78 is 36.8. The fourth-order valence-electron chi connectivity index (χ4n) is 3.96. The molecule has 1 aromatic carbocycles. The zero-order valence-electron chi connectivity index (χ0n) is 17.1. The van der Waals surface area contributed by atoms with Crippen molar-refractivity contribution in [2.75, 3.05) is 36.0 Å². The average Bonchev–Trinajstić information content (AvgIpc) is 3.42. The van der Waals surface area contributed by atoms with E-state index in [1.54, 1.807) is 22.8 Å². The number of nitrogens with zero attached hydrogens (tertiary/aromatic N) is 5. The molecule has 0 radical (unpaired) electrons. The first-order valence-electron chi connectivity index (χ1n) is 10.3. The molecule has 11 heteroatoms. The van der Waals surface area contributed by atoms with E-state index in [0.29, 0.717) is 32.4 Å². The molecule has 4 rings (SSSR count). The molecule has 2 fully saturated rings. The fraction of sp³-hybridized carbons (Fsp3) is 0.500. The Hall–Kier alpha value is -3.24. The topological polar surface area (TPSA) is 92.6 Å². The quantitative estimate of drug-likeness (QED) is 0.750. The molecule has 1 N–H and O–H groups in total. The molecule has 2 aliphatic rings. The Balaban J connectivity index is 1.43. The number of carbonyl (C=O) groups is 2. The number of hydrogen-bond acceptors (Lipinski definition) is 6. The summed E-state index contributed by atoms with van der Waals surface area (Å²) in [7, 11) is 0. The maximum absolute atomic E-state index is 14.9. The van der Waals surface area contributed by atoms with E-state index in [9.17, 15) is 18.4 Å². The highest BCUT2D eigenvalue weighted by molar-refractivity contribution is 5.90. The number of aromatic nitrogens is 3. The lowest BCUT2D eigenvalue weighted by Crippen LogP contribution is -2.36. The summed E-state index contributed by atoms with van der Waals surface area (Å²) in [5.41, 5.74) is -0.00863. The van der Waals surface area contributed by atoms with Crippen molar-refractivity contribution in [1.82, 2.24) is 20.1 Å². The number of halogens is 2. The van der Waals surface area contributed by atoms with Gasteiger partial charge in [0.1, 0.15) is 24.4 Å². The Kier molecular flexibility index (Phi) is 6.01. The number of piperidine rings is 1. The van der Waals surface area contributed by atoms with Gasteiger partial charge in [-0.3, -0.25) is 9.69 Å². The largest absolute Gasteiger partial charge is 0.442 e. The first-order chi connectivity index (χ1) is 15.0. The lowest BCUT2D eigenvalue weighted by atomic mass is 10.0. The molecule has 1 unspecified atom stereocenters. The first-order valence-corrected chi connectivity index (χ1v) is 10.3. The van der Waals surface area contributed by atoms with Gasteiger partial charge in [0.25, 0.3) is 0 Å². The summed E-state index contributed by atoms with van der Waals surface area (Å²) in [5.74, 6) is -1.63. The summed E-state index contributed by atoms with van der Waals surface area (Å²) in [5, 5.41) is 6.78. The van der Waals surface area contributed by atoms with Crippen molar-refractivity contribution in [3.8, 4) is 0 Å². The van der Waals surface area contributed by atoms with Crippen LogP contribution in [-0.4, -0.2) is 59.0 Å². The standard InChI is InChI=1S/C20H24F2N6O3/c1-2-18(29)24-9-15-10-27(20(30)31-15)14-7-16(21)19(17(22)8-14)26-5-3-13(4-6-26)28-12-23-11-25-28/h7-8,11-13,15H,2-6,9-10H2,1H3,(H,24,29). The SMILES string of the molecule is CCC(=O)NCC1CN(c2cc(F)c(N3CCC(n4cncn4)CC3)c(F)c2)C(=O)O1. The highest BCUT2D eigenvalue weighted by Gasteiger charge is 2.34. The molecule has 0 spiro atoms. The van der Waals surface area contributed by atoms with Gasteiger partial charge in [0.15, 0.2) is 11.6 Å². The second-order valence-corrected chi connectivity index (χ2v) is 7.63. The van der Waals surface area contributed by atoms with Crippen LogP contribution < -0.4 is 15.1 Å². The van der Waals surface area contributed by atoms with E-state index in [0.717, 1.165) is 12.1 Å². The predicted octanol–water partition coefficient (Wildman–Crippen LogP) is 2.25. The zero-order chi connectivity index (χ0) is 22.0. The van der Waals surface area contributed by atoms with E-state index >= 15 is 0 Å². The molecule has 9 nitrogen and oxygen atoms in total. The molecule has 0 bridgehead atoms. The predicted molar refractivity (Wildman–Crippen MR) is 108 cm³/mol. The number of cyclic esters (lactones) is 1. The van der Waals surface area contributed by atoms with E-state index in [1.807, 2.05) is 0 Å². The molecule has 0 saturated carbocycles. The van der Waals surface area contributed by atoms with Gasteiger partial charge in [-0.2, -0.15) is 5.10 Å². The molecular weight excluding hydrogens is 410 g/mol. The highest BCUT2D eigenvalue weighted by Crippen LogP contribution is 2.33. The van der Waals surface area contributed by atoms with E-state index in [2.05, 4.69) is 15.4 Å². The van der Waals surface area contributed by atoms with Gasteiger partial charge in [-0.1, -0.05) is 6.92 Å². The molecule has 166 valence electrons. The van der Waals surface area contributed by atoms with Crippen LogP contribution in [0.4, 0.5) is 25.0 Å². The van der Waals surface area contributed by atoms with Crippen LogP contribution in [0.3, 0.4) is 0 Å². The summed E-state index contributed by atoms with van der Waals surface area (Å²) in [6, 6.07) is 2.44. The molecule has 0 aliphatic carbocycles. The maximum Gasteiger partial charge on any atom is 0.414 e. The van der Waals surface area contributed by atoms with Crippen LogP contribution in [0.2, 0.25) is 0 Å². The molecule has 2 aromatic rings. The normalized spacial score (nSPS) is 19.6. The number of rotatable bonds is 6. The average molecular weight is 434 g/mol. The van der Waals surface area contributed by atoms with Gasteiger partial charge in [-0.25, -0.2) is 23.2 Å². The van der Waals surface area contributed by atoms with E-state index in [-0.39, 0.29) is 36.4 Å². The summed E-state index contributed by atoms with van der Waals surface area (Å²) in [4.78, 5) is 30.4. The third kappa shape index (κ3) is 4.44. The van der Waals surface area contributed by atoms with Crippen LogP contribution in [-0.2, 0) is 9.53 Å². The van der Waals surface area contributed by atoms with Gasteiger partial charge in [0.2, 0.25) is 5.91 Å². The van der Waals surface area contributed by atoms with Gasteiger partial charge < -0.3 is 15.0 Å². The monoisotopic (exact) mass is 434 g/mol. The Morgan fingerprint density at radius 1 is 1.26 bits per heavy atom. The third-order valence-electron chi connectivity index (χ3n) is 5.63. The minimum atomic E-state index is -0.732. The van der Waals surface area contributed by atoms with Crippen molar-refractivity contribution in [2.24, 2.45) is 0 Å². The number of benzene rings is 1. The van der Waals surface area contributed by atoms with Crippen LogP contribution in [0.5, 0.6) is 0 Å². The van der Waals surface area contributed by atoms with Gasteiger partial charge >= 0.3 is 6.09 Å². The summed E-state index contributed by atoms with van der Waals surface area (Å²) in [6.45, 7) is 2.92. The van der Waals surface area contributed by atoms with Crippen molar-refractivity contribution in [3.05, 3.63) is 36.4 Å². The molecule has 2 aliphatic heterocycles. The highest BCUT2D eigenvalue weighted by atomic mass is 19.1. The first kappa shape index (κ1) is 21.0.